The fourth-order valence-electron chi connectivity index (χ4n) is 9.37. The summed E-state index contributed by atoms with van der Waals surface area (Å²) in [7, 11) is 4.74. The summed E-state index contributed by atoms with van der Waals surface area (Å²) in [5.41, 5.74) is -0.363. The second-order valence-electron chi connectivity index (χ2n) is 12.9. The summed E-state index contributed by atoms with van der Waals surface area (Å²) in [6.45, 7) is 3.48. The number of nitrogens with zero attached hydrogens (tertiary/aromatic N) is 2. The first kappa shape index (κ1) is 32.8. The number of H-pyrrole nitrogens is 1. The molecular formula is C34H40BrClN4O6. The highest BCUT2D eigenvalue weighted by atomic mass is 79.9. The van der Waals surface area contributed by atoms with E-state index in [0.29, 0.717) is 18.6 Å². The average molecular weight is 716 g/mol. The van der Waals surface area contributed by atoms with Crippen LogP contribution in [0.5, 0.6) is 5.75 Å². The molecule has 2 fully saturated rings. The maximum atomic E-state index is 14.8. The Kier molecular flexibility index (Phi) is 8.25. The number of carbonyl (C=O) groups is 2. The molecule has 12 heteroatoms. The number of hydrogen-bond acceptors (Lipinski definition) is 8. The van der Waals surface area contributed by atoms with Gasteiger partial charge in [0.2, 0.25) is 0 Å². The van der Waals surface area contributed by atoms with E-state index in [9.17, 15) is 19.8 Å². The average Bonchev–Trinajstić information content (AvgIpc) is 3.72. The van der Waals surface area contributed by atoms with E-state index in [-0.39, 0.29) is 24.9 Å². The third-order valence-corrected chi connectivity index (χ3v) is 11.8. The molecule has 2 aromatic carbocycles. The lowest BCUT2D eigenvalue weighted by molar-refractivity contribution is -0.204. The van der Waals surface area contributed by atoms with Gasteiger partial charge < -0.3 is 34.9 Å². The Bertz CT molecular complexity index is 1730. The van der Waals surface area contributed by atoms with Gasteiger partial charge >= 0.3 is 5.97 Å². The molecule has 7 rings (SSSR count). The number of benzene rings is 2. The number of anilines is 1. The van der Waals surface area contributed by atoms with Crippen LogP contribution in [-0.4, -0.2) is 96.2 Å². The number of para-hydroxylation sites is 1. The van der Waals surface area contributed by atoms with Gasteiger partial charge in [0.05, 0.1) is 24.7 Å². The predicted molar refractivity (Wildman–Crippen MR) is 181 cm³/mol. The van der Waals surface area contributed by atoms with Gasteiger partial charge in [0.1, 0.15) is 17.9 Å². The highest BCUT2D eigenvalue weighted by Crippen LogP contribution is 2.67. The Labute approximate surface area is 282 Å². The van der Waals surface area contributed by atoms with Crippen molar-refractivity contribution in [2.75, 3.05) is 39.3 Å². The first-order valence-corrected chi connectivity index (χ1v) is 16.2. The zero-order valence-corrected chi connectivity index (χ0v) is 28.7. The number of aromatic nitrogens is 1. The summed E-state index contributed by atoms with van der Waals surface area (Å²) in [5, 5.41) is 29.2. The number of hydrogen-bond donors (Lipinski definition) is 4. The Morgan fingerprint density at radius 2 is 1.98 bits per heavy atom. The second-order valence-corrected chi connectivity index (χ2v) is 13.8. The molecule has 4 N–H and O–H groups in total. The summed E-state index contributed by atoms with van der Waals surface area (Å²) >= 11 is 3.69. The molecule has 0 bridgehead atoms. The summed E-state index contributed by atoms with van der Waals surface area (Å²) in [6, 6.07) is 9.60. The molecule has 3 aromatic rings. The normalized spacial score (nSPS) is 31.5. The zero-order chi connectivity index (χ0) is 31.9. The van der Waals surface area contributed by atoms with Gasteiger partial charge in [0.25, 0.3) is 5.91 Å². The van der Waals surface area contributed by atoms with Gasteiger partial charge in [-0.3, -0.25) is 9.69 Å². The molecule has 1 saturated carbocycles. The van der Waals surface area contributed by atoms with Crippen LogP contribution in [0, 0.1) is 5.41 Å². The zero-order valence-electron chi connectivity index (χ0n) is 26.2. The molecule has 1 spiro atoms. The number of likely N-dealkylation sites (N-methyl/N-ethyl adjacent to an activating group) is 1. The second kappa shape index (κ2) is 11.6. The molecule has 1 saturated heterocycles. The number of esters is 1. The number of fused-ring (bicyclic) bond motifs is 2. The molecule has 7 atom stereocenters. The van der Waals surface area contributed by atoms with Crippen LogP contribution in [0.25, 0.3) is 10.9 Å². The lowest BCUT2D eigenvalue weighted by Crippen LogP contribution is -2.82. The van der Waals surface area contributed by atoms with E-state index in [1.807, 2.05) is 67.6 Å². The molecule has 1 unspecified atom stereocenters. The smallest absolute Gasteiger partial charge is 0.328 e. The molecule has 4 aliphatic rings. The van der Waals surface area contributed by atoms with Gasteiger partial charge in [0, 0.05) is 65.7 Å². The van der Waals surface area contributed by atoms with Crippen molar-refractivity contribution < 1.29 is 29.3 Å². The Hall–Kier alpha value is -3.09. The van der Waals surface area contributed by atoms with Gasteiger partial charge in [-0.25, -0.2) is 4.79 Å². The van der Waals surface area contributed by atoms with Crippen molar-refractivity contribution in [2.45, 2.75) is 61.4 Å². The van der Waals surface area contributed by atoms with Crippen LogP contribution in [0.2, 0.25) is 0 Å². The summed E-state index contributed by atoms with van der Waals surface area (Å²) in [5.74, 6) is -0.806. The van der Waals surface area contributed by atoms with Gasteiger partial charge in [-0.15, -0.1) is 12.4 Å². The molecule has 246 valence electrons. The van der Waals surface area contributed by atoms with Crippen LogP contribution in [0.15, 0.2) is 59.2 Å². The number of rotatable bonds is 7. The first-order chi connectivity index (χ1) is 21.6. The molecule has 46 heavy (non-hydrogen) atoms. The van der Waals surface area contributed by atoms with E-state index in [1.165, 1.54) is 7.11 Å². The van der Waals surface area contributed by atoms with E-state index in [0.717, 1.165) is 45.3 Å². The number of ether oxygens (including phenoxy) is 2. The Morgan fingerprint density at radius 1 is 1.22 bits per heavy atom. The number of nitrogens with one attached hydrogen (secondary N) is 2. The summed E-state index contributed by atoms with van der Waals surface area (Å²) in [6.07, 6.45) is 5.72. The van der Waals surface area contributed by atoms with Gasteiger partial charge in [0.15, 0.2) is 5.60 Å². The van der Waals surface area contributed by atoms with Crippen molar-refractivity contribution in [2.24, 2.45) is 5.41 Å². The molecule has 1 amide bonds. The van der Waals surface area contributed by atoms with Crippen molar-refractivity contribution in [3.8, 4) is 5.75 Å². The minimum absolute atomic E-state index is 0. The standard InChI is InChI=1S/C34H39BrN4O6.ClH/c1-5-32-11-8-13-39-14-12-33(28(32)39)21-16-22(35)26(44-3)17-25(21)38(2)29(33)34(43,30(32)41)31(42)37-24(27(40)45-4)15-19-18-36-23-10-7-6-9-20(19)23;/h6-11,16-18,24,28-30,36,41,43H,5,12-15H2,1-4H3,(H,37,42);1H/t24?,28-,29+,30+,32+,33+,34-;/m0./s1. The number of amides is 1. The third kappa shape index (κ3) is 4.18. The molecule has 0 radical (unpaired) electrons. The van der Waals surface area contributed by atoms with E-state index in [2.05, 4.69) is 37.2 Å². The Balaban J connectivity index is 0.00000372. The summed E-state index contributed by atoms with van der Waals surface area (Å²) in [4.78, 5) is 35.5. The molecule has 4 heterocycles. The molecular weight excluding hydrogens is 676 g/mol. The van der Waals surface area contributed by atoms with Crippen molar-refractivity contribution in [3.63, 3.8) is 0 Å². The number of aromatic amines is 1. The monoisotopic (exact) mass is 714 g/mol. The molecule has 3 aliphatic heterocycles. The lowest BCUT2D eigenvalue weighted by atomic mass is 9.47. The Morgan fingerprint density at radius 3 is 2.70 bits per heavy atom. The number of halogens is 2. The minimum atomic E-state index is -2.30. The SMILES string of the molecule is CC[C@]12C=CCN3CC[C@@]4(c5cc(Br)c(OC)cc5N(C)[C@H]4[C@@](O)(C(=O)NC(Cc4c[nH]c5ccccc45)C(=O)OC)[C@@H]1O)[C@@H]32.Cl. The molecule has 1 aromatic heterocycles. The minimum Gasteiger partial charge on any atom is -0.495 e. The highest BCUT2D eigenvalue weighted by Gasteiger charge is 2.78. The lowest BCUT2D eigenvalue weighted by Gasteiger charge is -2.63. The molecule has 10 nitrogen and oxygen atoms in total. The maximum Gasteiger partial charge on any atom is 0.328 e. The van der Waals surface area contributed by atoms with Crippen LogP contribution in [0.3, 0.4) is 0 Å². The van der Waals surface area contributed by atoms with E-state index >= 15 is 0 Å². The van der Waals surface area contributed by atoms with Crippen molar-refractivity contribution in [1.29, 1.82) is 0 Å². The third-order valence-electron chi connectivity index (χ3n) is 11.2. The van der Waals surface area contributed by atoms with E-state index in [4.69, 9.17) is 9.47 Å². The maximum absolute atomic E-state index is 14.8. The van der Waals surface area contributed by atoms with Gasteiger partial charge in [-0.1, -0.05) is 37.3 Å². The van der Waals surface area contributed by atoms with Crippen LogP contribution < -0.4 is 15.0 Å². The van der Waals surface area contributed by atoms with E-state index < -0.39 is 46.5 Å². The number of aliphatic hydroxyl groups excluding tert-OH is 1. The van der Waals surface area contributed by atoms with Gasteiger partial charge in [-0.2, -0.15) is 0 Å². The first-order valence-electron chi connectivity index (χ1n) is 15.4. The van der Waals surface area contributed by atoms with Crippen molar-refractivity contribution >= 4 is 56.8 Å². The topological polar surface area (TPSA) is 127 Å². The number of carbonyl (C=O) groups excluding carboxylic acids is 2. The van der Waals surface area contributed by atoms with Crippen molar-refractivity contribution in [3.05, 3.63) is 70.3 Å². The number of methoxy groups -OCH3 is 2. The van der Waals surface area contributed by atoms with Crippen molar-refractivity contribution in [1.82, 2.24) is 15.2 Å². The summed E-state index contributed by atoms with van der Waals surface area (Å²) < 4.78 is 11.6. The number of aliphatic hydroxyl groups is 2. The van der Waals surface area contributed by atoms with Crippen LogP contribution >= 0.6 is 28.3 Å². The van der Waals surface area contributed by atoms with Crippen LogP contribution in [-0.2, 0) is 26.2 Å². The predicted octanol–water partition coefficient (Wildman–Crippen LogP) is 3.46. The fourth-order valence-corrected chi connectivity index (χ4v) is 9.87. The molecule has 1 aliphatic carbocycles. The fraction of sp³-hybridized carbons (Fsp3) is 0.471. The van der Waals surface area contributed by atoms with Crippen LogP contribution in [0.1, 0.15) is 30.9 Å². The largest absolute Gasteiger partial charge is 0.495 e. The van der Waals surface area contributed by atoms with Crippen LogP contribution in [0.4, 0.5) is 5.69 Å². The quantitative estimate of drug-likeness (QED) is 0.217. The van der Waals surface area contributed by atoms with Gasteiger partial charge in [-0.05, 0) is 58.6 Å². The highest BCUT2D eigenvalue weighted by molar-refractivity contribution is 9.10. The van der Waals surface area contributed by atoms with E-state index in [1.54, 1.807) is 7.11 Å².